The molecule has 1 aromatic rings. The van der Waals surface area contributed by atoms with E-state index in [9.17, 15) is 9.90 Å². The molecular formula is C18H29NO2. The first-order chi connectivity index (χ1) is 9.88. The van der Waals surface area contributed by atoms with Gasteiger partial charge in [0.2, 0.25) is 5.91 Å². The molecule has 0 fully saturated rings. The summed E-state index contributed by atoms with van der Waals surface area (Å²) in [5.74, 6) is 0.928. The SMILES string of the molecule is CC(O)CC(C)CNC(=O)CCc1ccc(C(C)C)cc1. The van der Waals surface area contributed by atoms with Crippen LogP contribution in [-0.4, -0.2) is 23.7 Å². The van der Waals surface area contributed by atoms with Crippen LogP contribution in [0.5, 0.6) is 0 Å². The highest BCUT2D eigenvalue weighted by atomic mass is 16.3. The fraction of sp³-hybridized carbons (Fsp3) is 0.611. The standard InChI is InChI=1S/C18H29NO2/c1-13(2)17-8-5-16(6-9-17)7-10-18(21)19-12-14(3)11-15(4)20/h5-6,8-9,13-15,20H,7,10-12H2,1-4H3,(H,19,21). The lowest BCUT2D eigenvalue weighted by molar-refractivity contribution is -0.121. The van der Waals surface area contributed by atoms with Gasteiger partial charge in [-0.3, -0.25) is 4.79 Å². The molecule has 0 aliphatic carbocycles. The predicted octanol–water partition coefficient (Wildman–Crippen LogP) is 3.27. The zero-order valence-electron chi connectivity index (χ0n) is 13.7. The van der Waals surface area contributed by atoms with E-state index in [-0.39, 0.29) is 12.0 Å². The summed E-state index contributed by atoms with van der Waals surface area (Å²) in [7, 11) is 0. The third-order valence-electron chi connectivity index (χ3n) is 3.68. The normalized spacial score (nSPS) is 14.0. The second-order valence-corrected chi connectivity index (χ2v) is 6.39. The van der Waals surface area contributed by atoms with E-state index >= 15 is 0 Å². The Bertz CT molecular complexity index is 423. The van der Waals surface area contributed by atoms with Crippen molar-refractivity contribution < 1.29 is 9.90 Å². The van der Waals surface area contributed by atoms with Crippen molar-refractivity contribution >= 4 is 5.91 Å². The highest BCUT2D eigenvalue weighted by molar-refractivity contribution is 5.76. The number of rotatable bonds is 8. The van der Waals surface area contributed by atoms with Crippen LogP contribution in [0.15, 0.2) is 24.3 Å². The van der Waals surface area contributed by atoms with Crippen LogP contribution in [0, 0.1) is 5.92 Å². The van der Waals surface area contributed by atoms with E-state index in [0.717, 1.165) is 12.8 Å². The zero-order valence-corrected chi connectivity index (χ0v) is 13.7. The van der Waals surface area contributed by atoms with Crippen LogP contribution in [0.3, 0.4) is 0 Å². The van der Waals surface area contributed by atoms with Crippen molar-refractivity contribution in [3.05, 3.63) is 35.4 Å². The Morgan fingerprint density at radius 3 is 2.29 bits per heavy atom. The second-order valence-electron chi connectivity index (χ2n) is 6.39. The third-order valence-corrected chi connectivity index (χ3v) is 3.68. The summed E-state index contributed by atoms with van der Waals surface area (Å²) < 4.78 is 0. The summed E-state index contributed by atoms with van der Waals surface area (Å²) in [4.78, 5) is 11.8. The van der Waals surface area contributed by atoms with E-state index in [2.05, 4.69) is 43.4 Å². The zero-order chi connectivity index (χ0) is 15.8. The second kappa shape index (κ2) is 8.83. The van der Waals surface area contributed by atoms with Crippen molar-refractivity contribution in [3.63, 3.8) is 0 Å². The van der Waals surface area contributed by atoms with E-state index in [4.69, 9.17) is 0 Å². The molecule has 0 saturated heterocycles. The Morgan fingerprint density at radius 2 is 1.76 bits per heavy atom. The van der Waals surface area contributed by atoms with Gasteiger partial charge in [-0.05, 0) is 42.7 Å². The number of benzene rings is 1. The lowest BCUT2D eigenvalue weighted by Gasteiger charge is -2.14. The van der Waals surface area contributed by atoms with Gasteiger partial charge in [-0.1, -0.05) is 45.0 Å². The van der Waals surface area contributed by atoms with E-state index in [1.807, 2.05) is 6.92 Å². The Hall–Kier alpha value is -1.35. The molecule has 1 rings (SSSR count). The van der Waals surface area contributed by atoms with E-state index in [0.29, 0.717) is 24.8 Å². The van der Waals surface area contributed by atoms with Crippen LogP contribution < -0.4 is 5.32 Å². The van der Waals surface area contributed by atoms with Crippen molar-refractivity contribution in [1.82, 2.24) is 5.32 Å². The number of aryl methyl sites for hydroxylation is 1. The molecule has 0 aliphatic rings. The molecule has 0 radical (unpaired) electrons. The number of aliphatic hydroxyl groups excluding tert-OH is 1. The molecule has 0 aromatic heterocycles. The molecule has 3 heteroatoms. The number of hydrogen-bond donors (Lipinski definition) is 2. The van der Waals surface area contributed by atoms with Gasteiger partial charge in [-0.15, -0.1) is 0 Å². The summed E-state index contributed by atoms with van der Waals surface area (Å²) in [6, 6.07) is 8.50. The van der Waals surface area contributed by atoms with Crippen LogP contribution in [-0.2, 0) is 11.2 Å². The number of aliphatic hydroxyl groups is 1. The summed E-state index contributed by atoms with van der Waals surface area (Å²) in [6.07, 6.45) is 1.70. The summed E-state index contributed by atoms with van der Waals surface area (Å²) in [5, 5.41) is 12.2. The molecule has 1 aromatic carbocycles. The largest absolute Gasteiger partial charge is 0.393 e. The van der Waals surface area contributed by atoms with Gasteiger partial charge in [0.25, 0.3) is 0 Å². The van der Waals surface area contributed by atoms with Crippen LogP contribution in [0.2, 0.25) is 0 Å². The molecule has 2 N–H and O–H groups in total. The Labute approximate surface area is 128 Å². The van der Waals surface area contributed by atoms with Crippen molar-refractivity contribution in [1.29, 1.82) is 0 Å². The molecule has 0 spiro atoms. The number of nitrogens with one attached hydrogen (secondary N) is 1. The molecule has 21 heavy (non-hydrogen) atoms. The highest BCUT2D eigenvalue weighted by Gasteiger charge is 2.08. The van der Waals surface area contributed by atoms with Gasteiger partial charge in [-0.25, -0.2) is 0 Å². The molecule has 118 valence electrons. The first-order valence-corrected chi connectivity index (χ1v) is 7.92. The fourth-order valence-electron chi connectivity index (χ4n) is 2.37. The summed E-state index contributed by atoms with van der Waals surface area (Å²) in [5.41, 5.74) is 2.53. The van der Waals surface area contributed by atoms with Gasteiger partial charge in [0.1, 0.15) is 0 Å². The maximum atomic E-state index is 11.8. The lowest BCUT2D eigenvalue weighted by atomic mass is 10.00. The van der Waals surface area contributed by atoms with Gasteiger partial charge in [0.05, 0.1) is 6.10 Å². The van der Waals surface area contributed by atoms with Gasteiger partial charge in [-0.2, -0.15) is 0 Å². The molecule has 1 amide bonds. The average molecular weight is 291 g/mol. The quantitative estimate of drug-likeness (QED) is 0.772. The van der Waals surface area contributed by atoms with Crippen molar-refractivity contribution in [3.8, 4) is 0 Å². The summed E-state index contributed by atoms with van der Waals surface area (Å²) >= 11 is 0. The maximum Gasteiger partial charge on any atom is 0.220 e. The van der Waals surface area contributed by atoms with Crippen LogP contribution >= 0.6 is 0 Å². The smallest absolute Gasteiger partial charge is 0.220 e. The molecule has 0 aliphatic heterocycles. The Balaban J connectivity index is 2.29. The topological polar surface area (TPSA) is 49.3 Å². The van der Waals surface area contributed by atoms with Crippen molar-refractivity contribution in [2.45, 2.75) is 59.0 Å². The molecule has 0 bridgehead atoms. The van der Waals surface area contributed by atoms with Gasteiger partial charge < -0.3 is 10.4 Å². The molecule has 3 nitrogen and oxygen atoms in total. The minimum Gasteiger partial charge on any atom is -0.393 e. The number of amides is 1. The van der Waals surface area contributed by atoms with Gasteiger partial charge in [0.15, 0.2) is 0 Å². The predicted molar refractivity (Wildman–Crippen MR) is 87.3 cm³/mol. The monoisotopic (exact) mass is 291 g/mol. The van der Waals surface area contributed by atoms with Crippen LogP contribution in [0.25, 0.3) is 0 Å². The average Bonchev–Trinajstić information content (AvgIpc) is 2.42. The number of carbonyl (C=O) groups excluding carboxylic acids is 1. The molecule has 2 atom stereocenters. The fourth-order valence-corrected chi connectivity index (χ4v) is 2.37. The Kier molecular flexibility index (Phi) is 7.44. The van der Waals surface area contributed by atoms with Crippen molar-refractivity contribution in [2.75, 3.05) is 6.54 Å². The van der Waals surface area contributed by atoms with E-state index in [1.165, 1.54) is 11.1 Å². The number of hydrogen-bond acceptors (Lipinski definition) is 2. The third kappa shape index (κ3) is 7.28. The minimum absolute atomic E-state index is 0.0837. The lowest BCUT2D eigenvalue weighted by Crippen LogP contribution is -2.29. The van der Waals surface area contributed by atoms with Crippen LogP contribution in [0.4, 0.5) is 0 Å². The first-order valence-electron chi connectivity index (χ1n) is 7.92. The van der Waals surface area contributed by atoms with Crippen molar-refractivity contribution in [2.24, 2.45) is 5.92 Å². The highest BCUT2D eigenvalue weighted by Crippen LogP contribution is 2.15. The van der Waals surface area contributed by atoms with Gasteiger partial charge in [0, 0.05) is 13.0 Å². The van der Waals surface area contributed by atoms with Crippen LogP contribution in [0.1, 0.15) is 57.6 Å². The molecular weight excluding hydrogens is 262 g/mol. The maximum absolute atomic E-state index is 11.8. The van der Waals surface area contributed by atoms with E-state index in [1.54, 1.807) is 6.92 Å². The Morgan fingerprint density at radius 1 is 1.14 bits per heavy atom. The molecule has 0 saturated carbocycles. The summed E-state index contributed by atoms with van der Waals surface area (Å²) in [6.45, 7) is 8.81. The molecule has 2 unspecified atom stereocenters. The molecule has 0 heterocycles. The number of carbonyl (C=O) groups is 1. The first kappa shape index (κ1) is 17.7. The van der Waals surface area contributed by atoms with Gasteiger partial charge >= 0.3 is 0 Å². The van der Waals surface area contributed by atoms with E-state index < -0.39 is 0 Å². The minimum atomic E-state index is -0.309.